The summed E-state index contributed by atoms with van der Waals surface area (Å²) in [4.78, 5) is 13.4. The predicted octanol–water partition coefficient (Wildman–Crippen LogP) is 3.15. The first-order valence-corrected chi connectivity index (χ1v) is 7.29. The van der Waals surface area contributed by atoms with E-state index in [1.807, 2.05) is 43.3 Å². The summed E-state index contributed by atoms with van der Waals surface area (Å²) in [5, 5.41) is 2.85. The minimum absolute atomic E-state index is 0.0109. The zero-order valence-electron chi connectivity index (χ0n) is 12.8. The highest BCUT2D eigenvalue weighted by Gasteiger charge is 2.03. The summed E-state index contributed by atoms with van der Waals surface area (Å²) in [6.45, 7) is 3.34. The molecule has 0 saturated heterocycles. The highest BCUT2D eigenvalue weighted by Crippen LogP contribution is 2.16. The van der Waals surface area contributed by atoms with Gasteiger partial charge in [-0.15, -0.1) is 0 Å². The molecule has 4 nitrogen and oxygen atoms in total. The Labute approximate surface area is 122 Å². The van der Waals surface area contributed by atoms with Gasteiger partial charge in [-0.3, -0.25) is 4.79 Å². The Hall–Kier alpha value is -1.55. The van der Waals surface area contributed by atoms with Gasteiger partial charge < -0.3 is 15.0 Å². The van der Waals surface area contributed by atoms with Crippen molar-refractivity contribution >= 4 is 11.6 Å². The van der Waals surface area contributed by atoms with Gasteiger partial charge >= 0.3 is 0 Å². The molecule has 0 aromatic heterocycles. The number of hydrogen-bond acceptors (Lipinski definition) is 3. The van der Waals surface area contributed by atoms with Gasteiger partial charge in [0.25, 0.3) is 0 Å². The van der Waals surface area contributed by atoms with Crippen LogP contribution in [0.3, 0.4) is 0 Å². The molecular weight excluding hydrogens is 252 g/mol. The Morgan fingerprint density at radius 3 is 2.45 bits per heavy atom. The zero-order chi connectivity index (χ0) is 14.8. The van der Waals surface area contributed by atoms with Crippen molar-refractivity contribution < 1.29 is 9.53 Å². The Morgan fingerprint density at radius 1 is 1.15 bits per heavy atom. The van der Waals surface area contributed by atoms with Gasteiger partial charge in [0, 0.05) is 5.69 Å². The van der Waals surface area contributed by atoms with E-state index in [0.717, 1.165) is 24.5 Å². The van der Waals surface area contributed by atoms with E-state index in [-0.39, 0.29) is 5.91 Å². The lowest BCUT2D eigenvalue weighted by molar-refractivity contribution is -0.116. The first kappa shape index (κ1) is 16.5. The summed E-state index contributed by atoms with van der Waals surface area (Å²) in [7, 11) is 3.74. The van der Waals surface area contributed by atoms with Crippen LogP contribution in [0.1, 0.15) is 32.6 Å². The molecule has 0 spiro atoms. The predicted molar refractivity (Wildman–Crippen MR) is 83.3 cm³/mol. The summed E-state index contributed by atoms with van der Waals surface area (Å²) in [5.41, 5.74) is 0.801. The van der Waals surface area contributed by atoms with E-state index >= 15 is 0 Å². The first-order valence-electron chi connectivity index (χ1n) is 7.29. The number of amides is 1. The lowest BCUT2D eigenvalue weighted by Crippen LogP contribution is -2.27. The van der Waals surface area contributed by atoms with E-state index in [4.69, 9.17) is 4.74 Å². The minimum Gasteiger partial charge on any atom is -0.494 e. The second-order valence-electron chi connectivity index (χ2n) is 5.22. The molecule has 1 rings (SSSR count). The molecule has 1 N–H and O–H groups in total. The molecule has 1 amide bonds. The minimum atomic E-state index is -0.0109. The van der Waals surface area contributed by atoms with Gasteiger partial charge in [0.15, 0.2) is 0 Å². The Kier molecular flexibility index (Phi) is 7.73. The molecule has 0 heterocycles. The Morgan fingerprint density at radius 2 is 1.85 bits per heavy atom. The molecule has 112 valence electrons. The maximum absolute atomic E-state index is 11.6. The van der Waals surface area contributed by atoms with Crippen molar-refractivity contribution in [3.05, 3.63) is 24.3 Å². The summed E-state index contributed by atoms with van der Waals surface area (Å²) in [6.07, 6.45) is 4.81. The van der Waals surface area contributed by atoms with E-state index in [1.54, 1.807) is 0 Å². The van der Waals surface area contributed by atoms with Crippen LogP contribution in [0.15, 0.2) is 24.3 Å². The summed E-state index contributed by atoms with van der Waals surface area (Å²) < 4.78 is 5.66. The van der Waals surface area contributed by atoms with Crippen LogP contribution in [0.5, 0.6) is 5.75 Å². The van der Waals surface area contributed by atoms with Gasteiger partial charge in [-0.25, -0.2) is 0 Å². The number of nitrogens with zero attached hydrogens (tertiary/aromatic N) is 1. The van der Waals surface area contributed by atoms with Gasteiger partial charge in [0.05, 0.1) is 13.2 Å². The highest BCUT2D eigenvalue weighted by molar-refractivity contribution is 5.92. The number of likely N-dealkylation sites (N-methyl/N-ethyl adjacent to an activating group) is 1. The number of unbranched alkanes of at least 4 members (excludes halogenated alkanes) is 3. The third kappa shape index (κ3) is 7.14. The molecule has 0 atom stereocenters. The Balaban J connectivity index is 2.31. The first-order chi connectivity index (χ1) is 9.61. The topological polar surface area (TPSA) is 41.6 Å². The average molecular weight is 278 g/mol. The summed E-state index contributed by atoms with van der Waals surface area (Å²) >= 11 is 0. The van der Waals surface area contributed by atoms with Crippen LogP contribution in [0, 0.1) is 0 Å². The van der Waals surface area contributed by atoms with Gasteiger partial charge in [0.2, 0.25) is 5.91 Å². The number of carbonyl (C=O) groups excluding carboxylic acids is 1. The molecule has 1 aromatic carbocycles. The summed E-state index contributed by atoms with van der Waals surface area (Å²) in [5.74, 6) is 0.843. The highest BCUT2D eigenvalue weighted by atomic mass is 16.5. The number of ether oxygens (including phenoxy) is 1. The maximum Gasteiger partial charge on any atom is 0.238 e. The maximum atomic E-state index is 11.6. The van der Waals surface area contributed by atoms with Gasteiger partial charge in [-0.2, -0.15) is 0 Å². The number of anilines is 1. The van der Waals surface area contributed by atoms with Crippen molar-refractivity contribution in [2.75, 3.05) is 32.6 Å². The van der Waals surface area contributed by atoms with E-state index < -0.39 is 0 Å². The van der Waals surface area contributed by atoms with Crippen molar-refractivity contribution in [1.29, 1.82) is 0 Å². The van der Waals surface area contributed by atoms with Crippen molar-refractivity contribution in [3.8, 4) is 5.75 Å². The molecule has 1 aromatic rings. The molecule has 0 unspecified atom stereocenters. The second-order valence-corrected chi connectivity index (χ2v) is 5.22. The molecule has 0 fully saturated rings. The number of carbonyl (C=O) groups is 1. The molecule has 0 aliphatic heterocycles. The number of hydrogen-bond donors (Lipinski definition) is 1. The van der Waals surface area contributed by atoms with Crippen LogP contribution in [-0.4, -0.2) is 38.1 Å². The number of benzene rings is 1. The third-order valence-electron chi connectivity index (χ3n) is 2.86. The monoisotopic (exact) mass is 278 g/mol. The standard InChI is InChI=1S/C16H26N2O2/c1-4-5-6-7-12-20-15-10-8-14(9-11-15)17-16(19)13-18(2)3/h8-11H,4-7,12-13H2,1-3H3,(H,17,19). The second kappa shape index (κ2) is 9.37. The van der Waals surface area contributed by atoms with Crippen LogP contribution < -0.4 is 10.1 Å². The van der Waals surface area contributed by atoms with Crippen LogP contribution in [0.2, 0.25) is 0 Å². The quantitative estimate of drug-likeness (QED) is 0.706. The molecule has 0 radical (unpaired) electrons. The third-order valence-corrected chi connectivity index (χ3v) is 2.86. The van der Waals surface area contributed by atoms with Gasteiger partial charge in [-0.05, 0) is 44.8 Å². The molecule has 20 heavy (non-hydrogen) atoms. The molecule has 0 aliphatic rings. The van der Waals surface area contributed by atoms with Crippen LogP contribution in [-0.2, 0) is 4.79 Å². The fourth-order valence-electron chi connectivity index (χ4n) is 1.84. The molecular formula is C16H26N2O2. The van der Waals surface area contributed by atoms with Crippen molar-refractivity contribution in [2.24, 2.45) is 0 Å². The largest absolute Gasteiger partial charge is 0.494 e. The average Bonchev–Trinajstić information content (AvgIpc) is 2.39. The lowest BCUT2D eigenvalue weighted by Gasteiger charge is -2.11. The smallest absolute Gasteiger partial charge is 0.238 e. The van der Waals surface area contributed by atoms with Crippen LogP contribution >= 0.6 is 0 Å². The fourth-order valence-corrected chi connectivity index (χ4v) is 1.84. The van der Waals surface area contributed by atoms with Crippen molar-refractivity contribution in [3.63, 3.8) is 0 Å². The van der Waals surface area contributed by atoms with Crippen molar-refractivity contribution in [1.82, 2.24) is 4.90 Å². The van der Waals surface area contributed by atoms with Crippen LogP contribution in [0.25, 0.3) is 0 Å². The number of rotatable bonds is 9. The van der Waals surface area contributed by atoms with Gasteiger partial charge in [-0.1, -0.05) is 26.2 Å². The van der Waals surface area contributed by atoms with Gasteiger partial charge in [0.1, 0.15) is 5.75 Å². The van der Waals surface area contributed by atoms with Crippen molar-refractivity contribution in [2.45, 2.75) is 32.6 Å². The molecule has 0 aliphatic carbocycles. The normalized spacial score (nSPS) is 10.6. The van der Waals surface area contributed by atoms with E-state index in [2.05, 4.69) is 12.2 Å². The Bertz CT molecular complexity index is 388. The SMILES string of the molecule is CCCCCCOc1ccc(NC(=O)CN(C)C)cc1. The lowest BCUT2D eigenvalue weighted by atomic mass is 10.2. The number of nitrogens with one attached hydrogen (secondary N) is 1. The van der Waals surface area contributed by atoms with E-state index in [1.165, 1.54) is 19.3 Å². The van der Waals surface area contributed by atoms with Crippen LogP contribution in [0.4, 0.5) is 5.69 Å². The fraction of sp³-hybridized carbons (Fsp3) is 0.562. The zero-order valence-corrected chi connectivity index (χ0v) is 12.8. The molecule has 4 heteroatoms. The molecule has 0 bridgehead atoms. The van der Waals surface area contributed by atoms with E-state index in [0.29, 0.717) is 6.54 Å². The van der Waals surface area contributed by atoms with E-state index in [9.17, 15) is 4.79 Å². The molecule has 0 saturated carbocycles. The summed E-state index contributed by atoms with van der Waals surface area (Å²) in [6, 6.07) is 7.53.